The third-order valence-corrected chi connectivity index (χ3v) is 2.87. The van der Waals surface area contributed by atoms with Crippen molar-refractivity contribution in [1.82, 2.24) is 9.97 Å². The molecule has 0 atom stereocenters. The summed E-state index contributed by atoms with van der Waals surface area (Å²) in [5.41, 5.74) is 6.64. The van der Waals surface area contributed by atoms with Crippen LogP contribution in [0.4, 0.5) is 17.3 Å². The fraction of sp³-hybridized carbons (Fsp3) is 0.231. The van der Waals surface area contributed by atoms with Gasteiger partial charge in [0.1, 0.15) is 17.4 Å². The van der Waals surface area contributed by atoms with Gasteiger partial charge in [0, 0.05) is 17.8 Å². The molecule has 0 radical (unpaired) electrons. The molecular formula is C13H16N4OS. The molecule has 1 aromatic heterocycles. The van der Waals surface area contributed by atoms with Crippen LogP contribution in [0.2, 0.25) is 0 Å². The number of thioether (sulfide) groups is 1. The number of nitrogens with zero attached hydrogens (tertiary/aromatic N) is 2. The van der Waals surface area contributed by atoms with Crippen LogP contribution in [-0.4, -0.2) is 22.8 Å². The molecule has 0 aliphatic rings. The van der Waals surface area contributed by atoms with Crippen LogP contribution >= 0.6 is 11.8 Å². The molecule has 0 aliphatic carbocycles. The molecule has 1 aromatic carbocycles. The lowest BCUT2D eigenvalue weighted by molar-refractivity contribution is 0.340. The fourth-order valence-corrected chi connectivity index (χ4v) is 1.96. The van der Waals surface area contributed by atoms with Crippen LogP contribution in [0.1, 0.15) is 6.92 Å². The Morgan fingerprint density at radius 1 is 1.32 bits per heavy atom. The normalized spacial score (nSPS) is 10.2. The van der Waals surface area contributed by atoms with Gasteiger partial charge in [-0.25, -0.2) is 9.97 Å². The molecule has 2 aromatic rings. The van der Waals surface area contributed by atoms with Crippen molar-refractivity contribution in [2.75, 3.05) is 23.9 Å². The highest BCUT2D eigenvalue weighted by Crippen LogP contribution is 2.22. The number of benzene rings is 1. The van der Waals surface area contributed by atoms with Gasteiger partial charge in [0.2, 0.25) is 0 Å². The van der Waals surface area contributed by atoms with Crippen LogP contribution in [0.3, 0.4) is 0 Å². The van der Waals surface area contributed by atoms with Gasteiger partial charge in [0.25, 0.3) is 0 Å². The van der Waals surface area contributed by atoms with E-state index in [1.165, 1.54) is 11.8 Å². The largest absolute Gasteiger partial charge is 0.494 e. The molecule has 5 nitrogen and oxygen atoms in total. The van der Waals surface area contributed by atoms with Gasteiger partial charge < -0.3 is 15.8 Å². The van der Waals surface area contributed by atoms with E-state index in [4.69, 9.17) is 10.5 Å². The van der Waals surface area contributed by atoms with Gasteiger partial charge in [0.15, 0.2) is 5.16 Å². The minimum absolute atomic E-state index is 0.447. The lowest BCUT2D eigenvalue weighted by Gasteiger charge is -2.09. The van der Waals surface area contributed by atoms with Gasteiger partial charge in [-0.15, -0.1) is 0 Å². The fourth-order valence-electron chi connectivity index (χ4n) is 1.58. The number of nitrogens with two attached hydrogens (primary N) is 1. The summed E-state index contributed by atoms with van der Waals surface area (Å²) in [7, 11) is 0. The number of nitrogen functional groups attached to an aromatic ring is 1. The maximum Gasteiger partial charge on any atom is 0.191 e. The van der Waals surface area contributed by atoms with Gasteiger partial charge in [-0.1, -0.05) is 17.8 Å². The van der Waals surface area contributed by atoms with E-state index in [1.807, 2.05) is 37.4 Å². The van der Waals surface area contributed by atoms with Crippen LogP contribution in [0, 0.1) is 0 Å². The Morgan fingerprint density at radius 3 is 2.89 bits per heavy atom. The number of anilines is 3. The highest BCUT2D eigenvalue weighted by Gasteiger charge is 2.03. The van der Waals surface area contributed by atoms with E-state index in [2.05, 4.69) is 15.3 Å². The van der Waals surface area contributed by atoms with Crippen LogP contribution < -0.4 is 15.8 Å². The summed E-state index contributed by atoms with van der Waals surface area (Å²) in [4.78, 5) is 8.45. The topological polar surface area (TPSA) is 73.1 Å². The predicted octanol–water partition coefficient (Wildman–Crippen LogP) is 2.92. The van der Waals surface area contributed by atoms with Crippen LogP contribution in [0.15, 0.2) is 35.5 Å². The van der Waals surface area contributed by atoms with Crippen molar-refractivity contribution < 1.29 is 4.74 Å². The summed E-state index contributed by atoms with van der Waals surface area (Å²) in [5.74, 6) is 1.94. The summed E-state index contributed by atoms with van der Waals surface area (Å²) in [6.07, 6.45) is 1.91. The van der Waals surface area contributed by atoms with Crippen molar-refractivity contribution >= 4 is 29.1 Å². The molecule has 0 fully saturated rings. The van der Waals surface area contributed by atoms with E-state index in [0.29, 0.717) is 23.4 Å². The molecule has 100 valence electrons. The Kier molecular flexibility index (Phi) is 4.46. The van der Waals surface area contributed by atoms with Crippen molar-refractivity contribution in [3.05, 3.63) is 30.3 Å². The molecule has 0 saturated carbocycles. The van der Waals surface area contributed by atoms with Gasteiger partial charge in [-0.05, 0) is 25.3 Å². The summed E-state index contributed by atoms with van der Waals surface area (Å²) in [5, 5.41) is 3.84. The smallest absolute Gasteiger partial charge is 0.191 e. The van der Waals surface area contributed by atoms with Crippen LogP contribution in [0.5, 0.6) is 5.75 Å². The third kappa shape index (κ3) is 3.75. The van der Waals surface area contributed by atoms with Crippen molar-refractivity contribution in [2.24, 2.45) is 0 Å². The Labute approximate surface area is 116 Å². The first-order valence-corrected chi connectivity index (χ1v) is 7.12. The summed E-state index contributed by atoms with van der Waals surface area (Å²) in [6.45, 7) is 2.59. The van der Waals surface area contributed by atoms with Crippen molar-refractivity contribution in [3.63, 3.8) is 0 Å². The second-order valence-corrected chi connectivity index (χ2v) is 4.52. The first kappa shape index (κ1) is 13.5. The standard InChI is InChI=1S/C13H16N4OS/c1-3-18-10-6-4-5-9(7-10)15-12-8-11(14)16-13(17-12)19-2/h4-8H,3H2,1-2H3,(H3,14,15,16,17). The monoisotopic (exact) mass is 276 g/mol. The quantitative estimate of drug-likeness (QED) is 0.646. The van der Waals surface area contributed by atoms with E-state index in [-0.39, 0.29) is 0 Å². The zero-order valence-electron chi connectivity index (χ0n) is 10.9. The molecule has 0 bridgehead atoms. The number of hydrogen-bond donors (Lipinski definition) is 2. The predicted molar refractivity (Wildman–Crippen MR) is 79.1 cm³/mol. The first-order chi connectivity index (χ1) is 9.21. The molecule has 3 N–H and O–H groups in total. The molecule has 2 rings (SSSR count). The summed E-state index contributed by atoms with van der Waals surface area (Å²) >= 11 is 1.45. The molecule has 6 heteroatoms. The van der Waals surface area contributed by atoms with E-state index >= 15 is 0 Å². The number of nitrogens with one attached hydrogen (secondary N) is 1. The summed E-state index contributed by atoms with van der Waals surface area (Å²) in [6, 6.07) is 9.40. The SMILES string of the molecule is CCOc1cccc(Nc2cc(N)nc(SC)n2)c1. The van der Waals surface area contributed by atoms with Crippen LogP contribution in [0.25, 0.3) is 0 Å². The lowest BCUT2D eigenvalue weighted by Crippen LogP contribution is -2.00. The van der Waals surface area contributed by atoms with Gasteiger partial charge in [0.05, 0.1) is 6.61 Å². The second kappa shape index (κ2) is 6.29. The molecule has 0 amide bonds. The van der Waals surface area contributed by atoms with Crippen molar-refractivity contribution in [1.29, 1.82) is 0 Å². The highest BCUT2D eigenvalue weighted by molar-refractivity contribution is 7.98. The number of rotatable bonds is 5. The number of hydrogen-bond acceptors (Lipinski definition) is 6. The number of aromatic nitrogens is 2. The Balaban J connectivity index is 2.20. The average molecular weight is 276 g/mol. The van der Waals surface area contributed by atoms with Gasteiger partial charge in [-0.2, -0.15) is 0 Å². The maximum absolute atomic E-state index is 5.74. The van der Waals surface area contributed by atoms with Crippen molar-refractivity contribution in [2.45, 2.75) is 12.1 Å². The Morgan fingerprint density at radius 2 is 2.16 bits per heavy atom. The van der Waals surface area contributed by atoms with Gasteiger partial charge >= 0.3 is 0 Å². The van der Waals surface area contributed by atoms with Gasteiger partial charge in [-0.3, -0.25) is 0 Å². The number of ether oxygens (including phenoxy) is 1. The minimum atomic E-state index is 0.447. The zero-order chi connectivity index (χ0) is 13.7. The molecule has 0 spiro atoms. The van der Waals surface area contributed by atoms with E-state index in [1.54, 1.807) is 6.07 Å². The average Bonchev–Trinajstić information content (AvgIpc) is 2.39. The third-order valence-electron chi connectivity index (χ3n) is 2.33. The summed E-state index contributed by atoms with van der Waals surface area (Å²) < 4.78 is 5.45. The molecule has 0 unspecified atom stereocenters. The molecule has 19 heavy (non-hydrogen) atoms. The van der Waals surface area contributed by atoms with E-state index < -0.39 is 0 Å². The zero-order valence-corrected chi connectivity index (χ0v) is 11.7. The lowest BCUT2D eigenvalue weighted by atomic mass is 10.3. The molecule has 1 heterocycles. The molecular weight excluding hydrogens is 260 g/mol. The maximum atomic E-state index is 5.74. The first-order valence-electron chi connectivity index (χ1n) is 5.89. The second-order valence-electron chi connectivity index (χ2n) is 3.75. The van der Waals surface area contributed by atoms with Crippen molar-refractivity contribution in [3.8, 4) is 5.75 Å². The van der Waals surface area contributed by atoms with E-state index in [0.717, 1.165) is 11.4 Å². The highest BCUT2D eigenvalue weighted by atomic mass is 32.2. The minimum Gasteiger partial charge on any atom is -0.494 e. The molecule has 0 aliphatic heterocycles. The van der Waals surface area contributed by atoms with E-state index in [9.17, 15) is 0 Å². The Hall–Kier alpha value is -1.95. The molecule has 0 saturated heterocycles. The van der Waals surface area contributed by atoms with Crippen LogP contribution in [-0.2, 0) is 0 Å². The Bertz CT molecular complexity index is 562.